The zero-order chi connectivity index (χ0) is 17.5. The van der Waals surface area contributed by atoms with E-state index in [-0.39, 0.29) is 6.04 Å². The van der Waals surface area contributed by atoms with E-state index in [0.29, 0.717) is 0 Å². The Morgan fingerprint density at radius 3 is 2.25 bits per heavy atom. The highest BCUT2D eigenvalue weighted by Crippen LogP contribution is 2.30. The molecule has 130 valence electrons. The number of methoxy groups -OCH3 is 3. The van der Waals surface area contributed by atoms with Gasteiger partial charge < -0.3 is 19.5 Å². The third-order valence-corrected chi connectivity index (χ3v) is 4.76. The second-order valence-corrected chi connectivity index (χ2v) is 6.76. The van der Waals surface area contributed by atoms with E-state index in [2.05, 4.69) is 47.0 Å². The van der Waals surface area contributed by atoms with Gasteiger partial charge in [-0.3, -0.25) is 0 Å². The predicted molar refractivity (Wildman–Crippen MR) is 105 cm³/mol. The number of halogens is 1. The number of para-hydroxylation sites is 1. The van der Waals surface area contributed by atoms with E-state index in [9.17, 15) is 0 Å². The minimum atomic E-state index is 0.286. The standard InChI is InChI=1S/C19H24INO3/c1-13(21-12-14-7-5-6-8-17(14)22-2)9-15-10-19(24-4)16(20)11-18(15)23-3/h5-8,10-11,13,21H,9,12H2,1-4H3. The number of benzene rings is 2. The van der Waals surface area contributed by atoms with E-state index in [4.69, 9.17) is 14.2 Å². The fourth-order valence-electron chi connectivity index (χ4n) is 2.62. The minimum Gasteiger partial charge on any atom is -0.496 e. The van der Waals surface area contributed by atoms with Gasteiger partial charge in [0, 0.05) is 18.2 Å². The summed E-state index contributed by atoms with van der Waals surface area (Å²) in [4.78, 5) is 0. The summed E-state index contributed by atoms with van der Waals surface area (Å²) in [6, 6.07) is 12.4. The zero-order valence-corrected chi connectivity index (χ0v) is 16.7. The lowest BCUT2D eigenvalue weighted by Crippen LogP contribution is -2.28. The van der Waals surface area contributed by atoms with Crippen LogP contribution in [0.1, 0.15) is 18.1 Å². The van der Waals surface area contributed by atoms with Crippen LogP contribution in [0.25, 0.3) is 0 Å². The molecular formula is C19H24INO3. The average molecular weight is 441 g/mol. The van der Waals surface area contributed by atoms with Gasteiger partial charge in [-0.2, -0.15) is 0 Å². The first-order valence-electron chi connectivity index (χ1n) is 7.84. The SMILES string of the molecule is COc1cc(CC(C)NCc2ccccc2OC)c(OC)cc1I. The zero-order valence-electron chi connectivity index (χ0n) is 14.6. The van der Waals surface area contributed by atoms with E-state index >= 15 is 0 Å². The van der Waals surface area contributed by atoms with E-state index < -0.39 is 0 Å². The highest BCUT2D eigenvalue weighted by atomic mass is 127. The molecule has 4 nitrogen and oxygen atoms in total. The average Bonchev–Trinajstić information content (AvgIpc) is 2.61. The van der Waals surface area contributed by atoms with E-state index in [1.165, 1.54) is 0 Å². The Morgan fingerprint density at radius 2 is 1.58 bits per heavy atom. The Bertz CT molecular complexity index is 676. The highest BCUT2D eigenvalue weighted by molar-refractivity contribution is 14.1. The fraction of sp³-hybridized carbons (Fsp3) is 0.368. The molecule has 1 atom stereocenters. The first-order chi connectivity index (χ1) is 11.6. The number of nitrogens with one attached hydrogen (secondary N) is 1. The highest BCUT2D eigenvalue weighted by Gasteiger charge is 2.13. The number of rotatable bonds is 8. The van der Waals surface area contributed by atoms with Gasteiger partial charge in [-0.25, -0.2) is 0 Å². The van der Waals surface area contributed by atoms with Crippen LogP contribution in [0.2, 0.25) is 0 Å². The molecule has 0 aliphatic heterocycles. The molecule has 0 heterocycles. The summed E-state index contributed by atoms with van der Waals surface area (Å²) in [6.45, 7) is 2.92. The lowest BCUT2D eigenvalue weighted by atomic mass is 10.0. The molecule has 0 radical (unpaired) electrons. The van der Waals surface area contributed by atoms with Gasteiger partial charge >= 0.3 is 0 Å². The van der Waals surface area contributed by atoms with Crippen LogP contribution in [0, 0.1) is 3.57 Å². The number of ether oxygens (including phenoxy) is 3. The molecule has 24 heavy (non-hydrogen) atoms. The van der Waals surface area contributed by atoms with Crippen LogP contribution in [-0.4, -0.2) is 27.4 Å². The Balaban J connectivity index is 2.05. The van der Waals surface area contributed by atoms with E-state index in [1.54, 1.807) is 21.3 Å². The van der Waals surface area contributed by atoms with Crippen LogP contribution in [0.15, 0.2) is 36.4 Å². The smallest absolute Gasteiger partial charge is 0.132 e. The second kappa shape index (κ2) is 9.13. The van der Waals surface area contributed by atoms with Crippen molar-refractivity contribution in [3.05, 3.63) is 51.1 Å². The quantitative estimate of drug-likeness (QED) is 0.628. The topological polar surface area (TPSA) is 39.7 Å². The van der Waals surface area contributed by atoms with Gasteiger partial charge in [0.05, 0.1) is 24.9 Å². The monoisotopic (exact) mass is 441 g/mol. The number of hydrogen-bond donors (Lipinski definition) is 1. The Kier molecular flexibility index (Phi) is 7.17. The van der Waals surface area contributed by atoms with Crippen molar-refractivity contribution in [3.8, 4) is 17.2 Å². The summed E-state index contributed by atoms with van der Waals surface area (Å²) in [6.07, 6.45) is 0.853. The molecule has 1 unspecified atom stereocenters. The summed E-state index contributed by atoms with van der Waals surface area (Å²) in [5.74, 6) is 2.68. The van der Waals surface area contributed by atoms with Gasteiger partial charge in [0.1, 0.15) is 17.2 Å². The molecule has 5 heteroatoms. The van der Waals surface area contributed by atoms with Crippen LogP contribution >= 0.6 is 22.6 Å². The Morgan fingerprint density at radius 1 is 0.917 bits per heavy atom. The molecule has 0 amide bonds. The third-order valence-electron chi connectivity index (χ3n) is 3.91. The van der Waals surface area contributed by atoms with Crippen molar-refractivity contribution in [1.82, 2.24) is 5.32 Å². The summed E-state index contributed by atoms with van der Waals surface area (Å²) >= 11 is 2.26. The molecule has 0 aromatic heterocycles. The van der Waals surface area contributed by atoms with Crippen molar-refractivity contribution in [1.29, 1.82) is 0 Å². The van der Waals surface area contributed by atoms with Gasteiger partial charge in [-0.05, 0) is 59.7 Å². The molecule has 0 bridgehead atoms. The predicted octanol–water partition coefficient (Wildman–Crippen LogP) is 4.04. The van der Waals surface area contributed by atoms with Crippen molar-refractivity contribution >= 4 is 22.6 Å². The summed E-state index contributed by atoms with van der Waals surface area (Å²) in [5.41, 5.74) is 2.29. The molecule has 0 spiro atoms. The molecule has 0 aliphatic rings. The molecule has 2 rings (SSSR count). The molecular weight excluding hydrogens is 417 g/mol. The second-order valence-electron chi connectivity index (χ2n) is 5.60. The maximum absolute atomic E-state index is 5.52. The maximum atomic E-state index is 5.52. The molecule has 0 saturated heterocycles. The summed E-state index contributed by atoms with van der Waals surface area (Å²) in [7, 11) is 5.09. The molecule has 0 saturated carbocycles. The lowest BCUT2D eigenvalue weighted by molar-refractivity contribution is 0.392. The molecule has 2 aromatic carbocycles. The van der Waals surface area contributed by atoms with Crippen LogP contribution in [-0.2, 0) is 13.0 Å². The fourth-order valence-corrected chi connectivity index (χ4v) is 3.28. The minimum absolute atomic E-state index is 0.286. The first-order valence-corrected chi connectivity index (χ1v) is 8.92. The molecule has 2 aromatic rings. The normalized spacial score (nSPS) is 11.9. The van der Waals surface area contributed by atoms with E-state index in [0.717, 1.165) is 44.9 Å². The van der Waals surface area contributed by atoms with Crippen molar-refractivity contribution < 1.29 is 14.2 Å². The molecule has 0 aliphatic carbocycles. The van der Waals surface area contributed by atoms with Crippen molar-refractivity contribution in [2.45, 2.75) is 25.9 Å². The summed E-state index contributed by atoms with van der Waals surface area (Å²) in [5, 5.41) is 3.55. The maximum Gasteiger partial charge on any atom is 0.132 e. The number of hydrogen-bond acceptors (Lipinski definition) is 4. The van der Waals surface area contributed by atoms with Gasteiger partial charge in [-0.15, -0.1) is 0 Å². The van der Waals surface area contributed by atoms with Crippen LogP contribution < -0.4 is 19.5 Å². The van der Waals surface area contributed by atoms with Crippen molar-refractivity contribution in [2.24, 2.45) is 0 Å². The van der Waals surface area contributed by atoms with Crippen molar-refractivity contribution in [2.75, 3.05) is 21.3 Å². The van der Waals surface area contributed by atoms with Crippen LogP contribution in [0.3, 0.4) is 0 Å². The van der Waals surface area contributed by atoms with Gasteiger partial charge in [-0.1, -0.05) is 18.2 Å². The van der Waals surface area contributed by atoms with Crippen molar-refractivity contribution in [3.63, 3.8) is 0 Å². The summed E-state index contributed by atoms with van der Waals surface area (Å²) < 4.78 is 17.4. The largest absolute Gasteiger partial charge is 0.496 e. The molecule has 1 N–H and O–H groups in total. The van der Waals surface area contributed by atoms with Gasteiger partial charge in [0.2, 0.25) is 0 Å². The Hall–Kier alpha value is -1.47. The third kappa shape index (κ3) is 4.77. The van der Waals surface area contributed by atoms with Gasteiger partial charge in [0.25, 0.3) is 0 Å². The van der Waals surface area contributed by atoms with Gasteiger partial charge in [0.15, 0.2) is 0 Å². The van der Waals surface area contributed by atoms with Crippen LogP contribution in [0.4, 0.5) is 0 Å². The van der Waals surface area contributed by atoms with E-state index in [1.807, 2.05) is 24.3 Å². The Labute approximate surface area is 157 Å². The molecule has 0 fully saturated rings. The lowest BCUT2D eigenvalue weighted by Gasteiger charge is -2.18. The van der Waals surface area contributed by atoms with Crippen LogP contribution in [0.5, 0.6) is 17.2 Å². The first kappa shape index (κ1) is 18.9.